The molecule has 4 nitrogen and oxygen atoms in total. The molecule has 0 bridgehead atoms. The van der Waals surface area contributed by atoms with Crippen LogP contribution < -0.4 is 16.0 Å². The van der Waals surface area contributed by atoms with Crippen LogP contribution in [0.5, 0.6) is 5.75 Å². The summed E-state index contributed by atoms with van der Waals surface area (Å²) in [5, 5.41) is 0. The lowest BCUT2D eigenvalue weighted by Gasteiger charge is -2.15. The third-order valence-electron chi connectivity index (χ3n) is 2.81. The second-order valence-corrected chi connectivity index (χ2v) is 4.06. The average Bonchev–Trinajstić information content (AvgIpc) is 2.90. The van der Waals surface area contributed by atoms with Crippen LogP contribution in [0.1, 0.15) is 24.1 Å². The van der Waals surface area contributed by atoms with E-state index in [4.69, 9.17) is 15.0 Å². The Morgan fingerprint density at radius 3 is 2.61 bits per heavy atom. The first-order chi connectivity index (χ1) is 8.83. The molecule has 96 valence electrons. The fourth-order valence-corrected chi connectivity index (χ4v) is 1.88. The number of hydrogen-bond acceptors (Lipinski definition) is 4. The summed E-state index contributed by atoms with van der Waals surface area (Å²) in [5.74, 6) is 6.48. The minimum Gasteiger partial charge on any atom is -0.494 e. The lowest BCUT2D eigenvalue weighted by atomic mass is 10.0. The summed E-state index contributed by atoms with van der Waals surface area (Å²) in [4.78, 5) is 0. The van der Waals surface area contributed by atoms with Gasteiger partial charge in [-0.05, 0) is 42.7 Å². The highest BCUT2D eigenvalue weighted by Crippen LogP contribution is 2.21. The van der Waals surface area contributed by atoms with E-state index in [1.807, 2.05) is 37.3 Å². The van der Waals surface area contributed by atoms with E-state index in [0.717, 1.165) is 23.3 Å². The molecule has 0 spiro atoms. The largest absolute Gasteiger partial charge is 0.494 e. The smallest absolute Gasteiger partial charge is 0.119 e. The van der Waals surface area contributed by atoms with Crippen molar-refractivity contribution in [2.24, 2.45) is 5.84 Å². The molecule has 18 heavy (non-hydrogen) atoms. The van der Waals surface area contributed by atoms with Crippen LogP contribution in [0.3, 0.4) is 0 Å². The molecular weight excluding hydrogens is 228 g/mol. The maximum Gasteiger partial charge on any atom is 0.119 e. The van der Waals surface area contributed by atoms with Crippen LogP contribution in [0.15, 0.2) is 47.3 Å². The molecule has 4 heteroatoms. The van der Waals surface area contributed by atoms with Crippen molar-refractivity contribution in [3.8, 4) is 5.75 Å². The molecule has 2 rings (SSSR count). The van der Waals surface area contributed by atoms with Gasteiger partial charge in [0.2, 0.25) is 0 Å². The second kappa shape index (κ2) is 6.23. The van der Waals surface area contributed by atoms with Crippen molar-refractivity contribution >= 4 is 0 Å². The Labute approximate surface area is 107 Å². The maximum absolute atomic E-state index is 5.61. The summed E-state index contributed by atoms with van der Waals surface area (Å²) < 4.78 is 10.5. The van der Waals surface area contributed by atoms with Crippen LogP contribution in [0.25, 0.3) is 0 Å². The Morgan fingerprint density at radius 1 is 1.28 bits per heavy atom. The summed E-state index contributed by atoms with van der Waals surface area (Å²) in [6, 6.07) is 9.97. The molecule has 0 fully saturated rings. The van der Waals surface area contributed by atoms with Crippen molar-refractivity contribution in [3.63, 3.8) is 0 Å². The minimum atomic E-state index is 0.0678. The first kappa shape index (κ1) is 12.7. The van der Waals surface area contributed by atoms with Crippen molar-refractivity contribution < 1.29 is 9.15 Å². The monoisotopic (exact) mass is 246 g/mol. The summed E-state index contributed by atoms with van der Waals surface area (Å²) in [5.41, 5.74) is 5.07. The number of ether oxygens (including phenoxy) is 1. The van der Waals surface area contributed by atoms with Gasteiger partial charge in [-0.25, -0.2) is 0 Å². The predicted octanol–water partition coefficient (Wildman–Crippen LogP) is 2.43. The normalized spacial score (nSPS) is 12.3. The van der Waals surface area contributed by atoms with E-state index in [0.29, 0.717) is 6.61 Å². The third kappa shape index (κ3) is 3.12. The van der Waals surface area contributed by atoms with E-state index >= 15 is 0 Å². The number of benzene rings is 1. The van der Waals surface area contributed by atoms with Crippen molar-refractivity contribution in [1.82, 2.24) is 5.43 Å². The van der Waals surface area contributed by atoms with Gasteiger partial charge in [-0.3, -0.25) is 11.3 Å². The first-order valence-electron chi connectivity index (χ1n) is 6.03. The maximum atomic E-state index is 5.61. The Bertz CT molecular complexity index is 451. The number of hydrogen-bond donors (Lipinski definition) is 2. The predicted molar refractivity (Wildman–Crippen MR) is 70.1 cm³/mol. The second-order valence-electron chi connectivity index (χ2n) is 4.06. The number of nitrogens with one attached hydrogen (secondary N) is 1. The van der Waals surface area contributed by atoms with E-state index in [1.54, 1.807) is 12.5 Å². The van der Waals surface area contributed by atoms with Crippen LogP contribution >= 0.6 is 0 Å². The molecule has 0 aliphatic heterocycles. The van der Waals surface area contributed by atoms with E-state index in [1.165, 1.54) is 0 Å². The Balaban J connectivity index is 2.07. The molecule has 0 aliphatic rings. The molecule has 1 unspecified atom stereocenters. The van der Waals surface area contributed by atoms with Gasteiger partial charge < -0.3 is 9.15 Å². The van der Waals surface area contributed by atoms with E-state index < -0.39 is 0 Å². The molecule has 0 aliphatic carbocycles. The van der Waals surface area contributed by atoms with Gasteiger partial charge in [0, 0.05) is 0 Å². The van der Waals surface area contributed by atoms with Crippen LogP contribution in [0.4, 0.5) is 0 Å². The topological polar surface area (TPSA) is 60.4 Å². The summed E-state index contributed by atoms with van der Waals surface area (Å²) in [6.45, 7) is 2.64. The highest BCUT2D eigenvalue weighted by atomic mass is 16.5. The van der Waals surface area contributed by atoms with Gasteiger partial charge in [0.1, 0.15) is 5.75 Å². The molecule has 1 aromatic heterocycles. The molecule has 1 aromatic carbocycles. The van der Waals surface area contributed by atoms with Crippen LogP contribution in [-0.4, -0.2) is 6.61 Å². The number of nitrogens with two attached hydrogens (primary N) is 1. The number of hydrazine groups is 1. The molecule has 0 radical (unpaired) electrons. The summed E-state index contributed by atoms with van der Waals surface area (Å²) in [7, 11) is 0. The van der Waals surface area contributed by atoms with Crippen LogP contribution in [0.2, 0.25) is 0 Å². The number of furan rings is 1. The van der Waals surface area contributed by atoms with Gasteiger partial charge in [0.15, 0.2) is 0 Å². The fraction of sp³-hybridized carbons (Fsp3) is 0.286. The Kier molecular flexibility index (Phi) is 4.39. The molecular formula is C14H18N2O2. The first-order valence-corrected chi connectivity index (χ1v) is 6.03. The SMILES string of the molecule is CCOc1ccc(C(Cc2ccoc2)NN)cc1. The van der Waals surface area contributed by atoms with Gasteiger partial charge in [0.05, 0.1) is 25.2 Å². The lowest BCUT2D eigenvalue weighted by Crippen LogP contribution is -2.29. The molecule has 2 aromatic rings. The van der Waals surface area contributed by atoms with Crippen molar-refractivity contribution in [2.75, 3.05) is 6.61 Å². The van der Waals surface area contributed by atoms with Crippen molar-refractivity contribution in [1.29, 1.82) is 0 Å². The van der Waals surface area contributed by atoms with E-state index in [2.05, 4.69) is 5.43 Å². The van der Waals surface area contributed by atoms with E-state index in [9.17, 15) is 0 Å². The van der Waals surface area contributed by atoms with Gasteiger partial charge in [-0.2, -0.15) is 0 Å². The zero-order chi connectivity index (χ0) is 12.8. The van der Waals surface area contributed by atoms with Gasteiger partial charge in [0.25, 0.3) is 0 Å². The lowest BCUT2D eigenvalue weighted by molar-refractivity contribution is 0.340. The average molecular weight is 246 g/mol. The Hall–Kier alpha value is -1.78. The third-order valence-corrected chi connectivity index (χ3v) is 2.81. The van der Waals surface area contributed by atoms with Crippen LogP contribution in [-0.2, 0) is 6.42 Å². The van der Waals surface area contributed by atoms with Crippen molar-refractivity contribution in [3.05, 3.63) is 54.0 Å². The standard InChI is InChI=1S/C14H18N2O2/c1-2-18-13-5-3-12(4-6-13)14(16-15)9-11-7-8-17-10-11/h3-8,10,14,16H,2,9,15H2,1H3. The molecule has 0 saturated carbocycles. The van der Waals surface area contributed by atoms with E-state index in [-0.39, 0.29) is 6.04 Å². The zero-order valence-corrected chi connectivity index (χ0v) is 10.4. The highest BCUT2D eigenvalue weighted by Gasteiger charge is 2.11. The van der Waals surface area contributed by atoms with Crippen molar-refractivity contribution in [2.45, 2.75) is 19.4 Å². The van der Waals surface area contributed by atoms with Gasteiger partial charge in [-0.1, -0.05) is 12.1 Å². The molecule has 0 saturated heterocycles. The molecule has 1 heterocycles. The quantitative estimate of drug-likeness (QED) is 0.607. The minimum absolute atomic E-state index is 0.0678. The van der Waals surface area contributed by atoms with Gasteiger partial charge in [-0.15, -0.1) is 0 Å². The fourth-order valence-electron chi connectivity index (χ4n) is 1.88. The Morgan fingerprint density at radius 2 is 2.06 bits per heavy atom. The van der Waals surface area contributed by atoms with Gasteiger partial charge >= 0.3 is 0 Å². The summed E-state index contributed by atoms with van der Waals surface area (Å²) >= 11 is 0. The highest BCUT2D eigenvalue weighted by molar-refractivity contribution is 5.30. The van der Waals surface area contributed by atoms with Crippen LogP contribution in [0, 0.1) is 0 Å². The molecule has 3 N–H and O–H groups in total. The summed E-state index contributed by atoms with van der Waals surface area (Å²) in [6.07, 6.45) is 4.20. The zero-order valence-electron chi connectivity index (χ0n) is 10.4. The molecule has 1 atom stereocenters. The molecule has 0 amide bonds. The number of rotatable bonds is 6.